The highest BCUT2D eigenvalue weighted by atomic mass is 16.5. The van der Waals surface area contributed by atoms with Gasteiger partial charge in [-0.3, -0.25) is 4.90 Å². The van der Waals surface area contributed by atoms with Crippen molar-refractivity contribution >= 4 is 11.8 Å². The maximum Gasteiger partial charge on any atom is 0.358 e. The fraction of sp³-hybridized carbons (Fsp3) is 0.615. The highest BCUT2D eigenvalue weighted by Crippen LogP contribution is 2.25. The second kappa shape index (κ2) is 5.34. The number of methoxy groups -OCH3 is 1. The van der Waals surface area contributed by atoms with E-state index in [-0.39, 0.29) is 11.8 Å². The van der Waals surface area contributed by atoms with Gasteiger partial charge >= 0.3 is 5.97 Å². The van der Waals surface area contributed by atoms with Crippen molar-refractivity contribution in [3.05, 3.63) is 17.8 Å². The summed E-state index contributed by atoms with van der Waals surface area (Å²) in [6.07, 6.45) is 0.218. The average molecular weight is 278 g/mol. The number of anilines is 1. The average Bonchev–Trinajstić information content (AvgIpc) is 2.92. The van der Waals surface area contributed by atoms with E-state index >= 15 is 0 Å². The van der Waals surface area contributed by atoms with Crippen LogP contribution in [0, 0.1) is 0 Å². The van der Waals surface area contributed by atoms with Crippen molar-refractivity contribution in [1.82, 2.24) is 15.1 Å². The Morgan fingerprint density at radius 1 is 1.40 bits per heavy atom. The minimum Gasteiger partial charge on any atom is -0.464 e. The standard InChI is InChI=1S/C13H18N4O3/c1-16-5-6-20-11-8-17(7-10(11)16)12-4-3-9(14-15-12)13(18)19-2/h3-4,10-11H,5-8H2,1-2H3. The maximum absolute atomic E-state index is 11.3. The lowest BCUT2D eigenvalue weighted by atomic mass is 10.1. The summed E-state index contributed by atoms with van der Waals surface area (Å²) >= 11 is 0. The minimum absolute atomic E-state index is 0.218. The van der Waals surface area contributed by atoms with Crippen LogP contribution < -0.4 is 4.90 Å². The first kappa shape index (κ1) is 13.3. The second-order valence-electron chi connectivity index (χ2n) is 5.13. The van der Waals surface area contributed by atoms with E-state index in [2.05, 4.69) is 31.8 Å². The largest absolute Gasteiger partial charge is 0.464 e. The topological polar surface area (TPSA) is 67.8 Å². The molecule has 0 bridgehead atoms. The molecule has 7 heteroatoms. The van der Waals surface area contributed by atoms with Gasteiger partial charge in [0.1, 0.15) is 0 Å². The molecule has 1 aromatic rings. The van der Waals surface area contributed by atoms with Gasteiger partial charge < -0.3 is 14.4 Å². The predicted molar refractivity (Wildman–Crippen MR) is 71.7 cm³/mol. The molecule has 20 heavy (non-hydrogen) atoms. The number of nitrogens with zero attached hydrogens (tertiary/aromatic N) is 4. The fourth-order valence-electron chi connectivity index (χ4n) is 2.75. The first-order valence-electron chi connectivity index (χ1n) is 6.68. The van der Waals surface area contributed by atoms with Gasteiger partial charge in [-0.2, -0.15) is 0 Å². The van der Waals surface area contributed by atoms with Crippen LogP contribution in [0.3, 0.4) is 0 Å². The van der Waals surface area contributed by atoms with Crippen LogP contribution in [0.2, 0.25) is 0 Å². The van der Waals surface area contributed by atoms with Gasteiger partial charge in [0, 0.05) is 19.6 Å². The highest BCUT2D eigenvalue weighted by molar-refractivity contribution is 5.86. The molecule has 2 fully saturated rings. The van der Waals surface area contributed by atoms with Gasteiger partial charge in [0.05, 0.1) is 25.9 Å². The van der Waals surface area contributed by atoms with Crippen LogP contribution in [0.15, 0.2) is 12.1 Å². The summed E-state index contributed by atoms with van der Waals surface area (Å²) in [5, 5.41) is 8.02. The molecule has 2 aliphatic rings. The molecule has 3 rings (SSSR count). The quantitative estimate of drug-likeness (QED) is 0.693. The van der Waals surface area contributed by atoms with Crippen LogP contribution in [-0.4, -0.2) is 73.6 Å². The zero-order valence-corrected chi connectivity index (χ0v) is 11.7. The maximum atomic E-state index is 11.3. The van der Waals surface area contributed by atoms with Gasteiger partial charge in [-0.1, -0.05) is 0 Å². The molecule has 7 nitrogen and oxygen atoms in total. The number of ether oxygens (including phenoxy) is 2. The van der Waals surface area contributed by atoms with E-state index in [9.17, 15) is 4.79 Å². The van der Waals surface area contributed by atoms with E-state index in [0.717, 1.165) is 32.1 Å². The molecule has 0 N–H and O–H groups in total. The first-order valence-corrected chi connectivity index (χ1v) is 6.68. The van der Waals surface area contributed by atoms with Crippen molar-refractivity contribution in [1.29, 1.82) is 0 Å². The van der Waals surface area contributed by atoms with Crippen LogP contribution >= 0.6 is 0 Å². The molecule has 0 spiro atoms. The summed E-state index contributed by atoms with van der Waals surface area (Å²) in [6, 6.07) is 3.84. The van der Waals surface area contributed by atoms with Gasteiger partial charge in [-0.25, -0.2) is 4.79 Å². The van der Waals surface area contributed by atoms with Gasteiger partial charge in [-0.05, 0) is 19.2 Å². The van der Waals surface area contributed by atoms with Crippen LogP contribution in [0.5, 0.6) is 0 Å². The summed E-state index contributed by atoms with van der Waals surface area (Å²) in [4.78, 5) is 15.8. The van der Waals surface area contributed by atoms with E-state index < -0.39 is 5.97 Å². The lowest BCUT2D eigenvalue weighted by Gasteiger charge is -2.33. The zero-order valence-electron chi connectivity index (χ0n) is 11.7. The molecule has 2 saturated heterocycles. The zero-order chi connectivity index (χ0) is 14.1. The van der Waals surface area contributed by atoms with Crippen molar-refractivity contribution in [2.75, 3.05) is 45.3 Å². The number of hydrogen-bond donors (Lipinski definition) is 0. The molecule has 0 aromatic carbocycles. The molecule has 0 aliphatic carbocycles. The third-order valence-electron chi connectivity index (χ3n) is 3.95. The lowest BCUT2D eigenvalue weighted by Crippen LogP contribution is -2.48. The molecule has 0 radical (unpaired) electrons. The number of rotatable bonds is 2. The molecule has 1 aromatic heterocycles. The van der Waals surface area contributed by atoms with Crippen LogP contribution in [-0.2, 0) is 9.47 Å². The van der Waals surface area contributed by atoms with E-state index in [0.29, 0.717) is 6.04 Å². The Morgan fingerprint density at radius 3 is 2.90 bits per heavy atom. The molecule has 2 unspecified atom stereocenters. The smallest absolute Gasteiger partial charge is 0.358 e. The first-order chi connectivity index (χ1) is 9.69. The Bertz CT molecular complexity index is 493. The molecule has 2 atom stereocenters. The van der Waals surface area contributed by atoms with Crippen LogP contribution in [0.1, 0.15) is 10.5 Å². The fourth-order valence-corrected chi connectivity index (χ4v) is 2.75. The number of carbonyl (C=O) groups is 1. The molecule has 108 valence electrons. The van der Waals surface area contributed by atoms with Gasteiger partial charge in [0.25, 0.3) is 0 Å². The number of carbonyl (C=O) groups excluding carboxylic acids is 1. The molecule has 2 aliphatic heterocycles. The van der Waals surface area contributed by atoms with Crippen molar-refractivity contribution in [3.8, 4) is 0 Å². The number of esters is 1. The summed E-state index contributed by atoms with van der Waals surface area (Å²) in [6.45, 7) is 3.41. The van der Waals surface area contributed by atoms with Crippen molar-refractivity contribution in [2.24, 2.45) is 0 Å². The number of aromatic nitrogens is 2. The lowest BCUT2D eigenvalue weighted by molar-refractivity contribution is -0.0362. The van der Waals surface area contributed by atoms with Crippen molar-refractivity contribution in [2.45, 2.75) is 12.1 Å². The minimum atomic E-state index is -0.470. The third-order valence-corrected chi connectivity index (χ3v) is 3.95. The number of fused-ring (bicyclic) bond motifs is 1. The summed E-state index contributed by atoms with van der Waals surface area (Å²) in [5.41, 5.74) is 0.223. The van der Waals surface area contributed by atoms with Crippen LogP contribution in [0.25, 0.3) is 0 Å². The number of likely N-dealkylation sites (N-methyl/N-ethyl adjacent to an activating group) is 1. The Hall–Kier alpha value is -1.73. The monoisotopic (exact) mass is 278 g/mol. The van der Waals surface area contributed by atoms with Crippen molar-refractivity contribution in [3.63, 3.8) is 0 Å². The van der Waals surface area contributed by atoms with Gasteiger partial charge in [-0.15, -0.1) is 10.2 Å². The Kier molecular flexibility index (Phi) is 3.54. The second-order valence-corrected chi connectivity index (χ2v) is 5.13. The van der Waals surface area contributed by atoms with Crippen molar-refractivity contribution < 1.29 is 14.3 Å². The Morgan fingerprint density at radius 2 is 2.25 bits per heavy atom. The van der Waals surface area contributed by atoms with Gasteiger partial charge in [0.15, 0.2) is 11.5 Å². The molecule has 0 saturated carbocycles. The van der Waals surface area contributed by atoms with E-state index in [1.54, 1.807) is 12.1 Å². The SMILES string of the molecule is COC(=O)c1ccc(N2CC3OCCN(C)C3C2)nn1. The summed E-state index contributed by atoms with van der Waals surface area (Å²) in [7, 11) is 3.45. The predicted octanol–water partition coefficient (Wildman–Crippen LogP) is -0.218. The Labute approximate surface area is 117 Å². The van der Waals surface area contributed by atoms with Gasteiger partial charge in [0.2, 0.25) is 0 Å². The van der Waals surface area contributed by atoms with E-state index in [1.807, 2.05) is 0 Å². The Balaban J connectivity index is 1.72. The normalized spacial score (nSPS) is 26.4. The molecular formula is C13H18N4O3. The molecular weight excluding hydrogens is 260 g/mol. The molecule has 0 amide bonds. The number of hydrogen-bond acceptors (Lipinski definition) is 7. The highest BCUT2D eigenvalue weighted by Gasteiger charge is 2.39. The van der Waals surface area contributed by atoms with E-state index in [1.165, 1.54) is 7.11 Å². The summed E-state index contributed by atoms with van der Waals surface area (Å²) in [5.74, 6) is 0.297. The molecule has 3 heterocycles. The summed E-state index contributed by atoms with van der Waals surface area (Å²) < 4.78 is 10.4. The third kappa shape index (κ3) is 2.34. The van der Waals surface area contributed by atoms with Crippen LogP contribution in [0.4, 0.5) is 5.82 Å². The number of morpholine rings is 1. The van der Waals surface area contributed by atoms with E-state index in [4.69, 9.17) is 4.74 Å².